The van der Waals surface area contributed by atoms with E-state index >= 15 is 0 Å². The number of hydrogen-bond acceptors (Lipinski definition) is 4. The van der Waals surface area contributed by atoms with Crippen molar-refractivity contribution >= 4 is 12.0 Å². The largest absolute Gasteiger partial charge is 0.444 e. The summed E-state index contributed by atoms with van der Waals surface area (Å²) in [5.74, 6) is 0.448. The van der Waals surface area contributed by atoms with Crippen molar-refractivity contribution in [2.45, 2.75) is 13.3 Å². The van der Waals surface area contributed by atoms with E-state index in [1.807, 2.05) is 44.4 Å². The van der Waals surface area contributed by atoms with Crippen LogP contribution < -0.4 is 5.32 Å². The van der Waals surface area contributed by atoms with Gasteiger partial charge in [0.05, 0.1) is 11.9 Å². The predicted octanol–water partition coefficient (Wildman–Crippen LogP) is 2.76. The van der Waals surface area contributed by atoms with Crippen molar-refractivity contribution in [3.63, 3.8) is 0 Å². The molecule has 0 spiro atoms. The van der Waals surface area contributed by atoms with Crippen LogP contribution in [0.3, 0.4) is 0 Å². The van der Waals surface area contributed by atoms with E-state index in [-0.39, 0.29) is 5.91 Å². The molecule has 128 valence electrons. The zero-order chi connectivity index (χ0) is 17.6. The second-order valence-corrected chi connectivity index (χ2v) is 5.83. The number of nitrogens with zero attached hydrogens (tertiary/aromatic N) is 3. The van der Waals surface area contributed by atoms with Crippen LogP contribution in [0.1, 0.15) is 16.8 Å². The normalized spacial score (nSPS) is 11.1. The van der Waals surface area contributed by atoms with Crippen molar-refractivity contribution in [2.24, 2.45) is 7.05 Å². The van der Waals surface area contributed by atoms with Gasteiger partial charge in [0.2, 0.25) is 11.8 Å². The van der Waals surface area contributed by atoms with Gasteiger partial charge in [0.15, 0.2) is 0 Å². The Morgan fingerprint density at radius 3 is 2.84 bits per heavy atom. The van der Waals surface area contributed by atoms with Crippen LogP contribution in [0.2, 0.25) is 0 Å². The maximum Gasteiger partial charge on any atom is 0.244 e. The minimum atomic E-state index is -0.147. The third kappa shape index (κ3) is 4.67. The Labute approximate surface area is 146 Å². The van der Waals surface area contributed by atoms with Gasteiger partial charge in [-0.25, -0.2) is 4.98 Å². The minimum Gasteiger partial charge on any atom is -0.444 e. The molecule has 0 aliphatic heterocycles. The van der Waals surface area contributed by atoms with Crippen LogP contribution in [0.25, 0.3) is 17.5 Å². The Bertz CT molecular complexity index is 875. The lowest BCUT2D eigenvalue weighted by Gasteiger charge is -1.99. The van der Waals surface area contributed by atoms with Crippen molar-refractivity contribution in [1.29, 1.82) is 0 Å². The van der Waals surface area contributed by atoms with Crippen LogP contribution in [0.15, 0.2) is 53.4 Å². The molecule has 25 heavy (non-hydrogen) atoms. The Morgan fingerprint density at radius 1 is 1.32 bits per heavy atom. The fourth-order valence-corrected chi connectivity index (χ4v) is 2.32. The number of amides is 1. The highest BCUT2D eigenvalue weighted by Gasteiger charge is 2.06. The molecule has 0 atom stereocenters. The summed E-state index contributed by atoms with van der Waals surface area (Å²) in [6.07, 6.45) is 9.01. The van der Waals surface area contributed by atoms with Gasteiger partial charge in [-0.2, -0.15) is 5.10 Å². The number of hydrogen-bond donors (Lipinski definition) is 1. The van der Waals surface area contributed by atoms with E-state index in [4.69, 9.17) is 4.42 Å². The number of nitrogens with one attached hydrogen (secondary N) is 1. The molecule has 3 aromatic rings. The molecular weight excluding hydrogens is 316 g/mol. The molecule has 1 aromatic carbocycles. The van der Waals surface area contributed by atoms with Crippen LogP contribution >= 0.6 is 0 Å². The Balaban J connectivity index is 1.48. The van der Waals surface area contributed by atoms with E-state index in [1.54, 1.807) is 23.2 Å². The first-order valence-electron chi connectivity index (χ1n) is 8.06. The van der Waals surface area contributed by atoms with Crippen molar-refractivity contribution in [3.8, 4) is 11.5 Å². The number of carbonyl (C=O) groups is 1. The molecule has 1 amide bonds. The molecule has 0 saturated carbocycles. The molecule has 3 rings (SSSR count). The van der Waals surface area contributed by atoms with E-state index in [9.17, 15) is 4.79 Å². The first kappa shape index (κ1) is 16.7. The first-order chi connectivity index (χ1) is 12.1. The van der Waals surface area contributed by atoms with Crippen molar-refractivity contribution in [3.05, 3.63) is 65.8 Å². The second kappa shape index (κ2) is 7.61. The maximum atomic E-state index is 11.8. The van der Waals surface area contributed by atoms with E-state index in [0.29, 0.717) is 18.9 Å². The van der Waals surface area contributed by atoms with Gasteiger partial charge in [-0.3, -0.25) is 9.48 Å². The molecule has 6 heteroatoms. The third-order valence-corrected chi connectivity index (χ3v) is 3.68. The highest BCUT2D eigenvalue weighted by atomic mass is 16.3. The lowest BCUT2D eigenvalue weighted by atomic mass is 10.1. The summed E-state index contributed by atoms with van der Waals surface area (Å²) in [6.45, 7) is 2.53. The van der Waals surface area contributed by atoms with Crippen molar-refractivity contribution < 1.29 is 9.21 Å². The molecule has 2 aromatic heterocycles. The Kier molecular flexibility index (Phi) is 5.09. The Hall–Kier alpha value is -3.15. The van der Waals surface area contributed by atoms with Gasteiger partial charge in [0.25, 0.3) is 0 Å². The molecule has 0 fully saturated rings. The summed E-state index contributed by atoms with van der Waals surface area (Å²) in [5.41, 5.74) is 3.84. The lowest BCUT2D eigenvalue weighted by Crippen LogP contribution is -2.23. The number of oxazole rings is 1. The van der Waals surface area contributed by atoms with Crippen LogP contribution in [0.4, 0.5) is 0 Å². The summed E-state index contributed by atoms with van der Waals surface area (Å²) >= 11 is 0. The number of aryl methyl sites for hydroxylation is 2. The molecule has 0 saturated heterocycles. The van der Waals surface area contributed by atoms with Crippen molar-refractivity contribution in [2.75, 3.05) is 6.54 Å². The zero-order valence-corrected chi connectivity index (χ0v) is 14.3. The molecule has 0 radical (unpaired) electrons. The second-order valence-electron chi connectivity index (χ2n) is 5.83. The SMILES string of the molecule is Cc1ccc(-c2nc(CCNC(=O)/C=C\c3cnn(C)c3)co2)cc1. The number of aromatic nitrogens is 3. The zero-order valence-electron chi connectivity index (χ0n) is 14.3. The molecule has 0 aliphatic rings. The molecule has 2 heterocycles. The van der Waals surface area contributed by atoms with Gasteiger partial charge in [-0.15, -0.1) is 0 Å². The van der Waals surface area contributed by atoms with Gasteiger partial charge in [0.1, 0.15) is 6.26 Å². The fraction of sp³-hybridized carbons (Fsp3) is 0.211. The van der Waals surface area contributed by atoms with Gasteiger partial charge in [0, 0.05) is 43.4 Å². The molecule has 1 N–H and O–H groups in total. The van der Waals surface area contributed by atoms with Crippen LogP contribution in [-0.2, 0) is 18.3 Å². The van der Waals surface area contributed by atoms with Gasteiger partial charge in [-0.05, 0) is 25.1 Å². The summed E-state index contributed by atoms with van der Waals surface area (Å²) in [4.78, 5) is 16.3. The molecular formula is C19H20N4O2. The third-order valence-electron chi connectivity index (χ3n) is 3.68. The van der Waals surface area contributed by atoms with Crippen molar-refractivity contribution in [1.82, 2.24) is 20.1 Å². The summed E-state index contributed by atoms with van der Waals surface area (Å²) in [6, 6.07) is 8.01. The van der Waals surface area contributed by atoms with Crippen LogP contribution in [0, 0.1) is 6.92 Å². The van der Waals surface area contributed by atoms with E-state index < -0.39 is 0 Å². The monoisotopic (exact) mass is 336 g/mol. The molecule has 0 aliphatic carbocycles. The van der Waals surface area contributed by atoms with Crippen LogP contribution in [-0.4, -0.2) is 27.2 Å². The number of rotatable bonds is 6. The lowest BCUT2D eigenvalue weighted by molar-refractivity contribution is -0.116. The Morgan fingerprint density at radius 2 is 2.12 bits per heavy atom. The standard InChI is InChI=1S/C19H20N4O2/c1-14-3-6-16(7-4-14)19-22-17(13-25-19)9-10-20-18(24)8-5-15-11-21-23(2)12-15/h3-8,11-13H,9-10H2,1-2H3,(H,20,24)/b8-5-. The molecule has 6 nitrogen and oxygen atoms in total. The van der Waals surface area contributed by atoms with Gasteiger partial charge < -0.3 is 9.73 Å². The average Bonchev–Trinajstić information content (AvgIpc) is 3.23. The first-order valence-corrected chi connectivity index (χ1v) is 8.06. The van der Waals surface area contributed by atoms with Gasteiger partial charge in [-0.1, -0.05) is 17.7 Å². The molecule has 0 bridgehead atoms. The highest BCUT2D eigenvalue weighted by molar-refractivity contribution is 5.91. The van der Waals surface area contributed by atoms with E-state index in [0.717, 1.165) is 16.8 Å². The van der Waals surface area contributed by atoms with E-state index in [2.05, 4.69) is 15.4 Å². The average molecular weight is 336 g/mol. The van der Waals surface area contributed by atoms with E-state index in [1.165, 1.54) is 11.6 Å². The smallest absolute Gasteiger partial charge is 0.244 e. The quantitative estimate of drug-likeness (QED) is 0.703. The predicted molar refractivity (Wildman–Crippen MR) is 95.6 cm³/mol. The highest BCUT2D eigenvalue weighted by Crippen LogP contribution is 2.19. The fourth-order valence-electron chi connectivity index (χ4n) is 2.32. The summed E-state index contributed by atoms with van der Waals surface area (Å²) in [5, 5.41) is 6.87. The summed E-state index contributed by atoms with van der Waals surface area (Å²) in [7, 11) is 1.83. The minimum absolute atomic E-state index is 0.147. The summed E-state index contributed by atoms with van der Waals surface area (Å²) < 4.78 is 7.20. The number of benzene rings is 1. The molecule has 0 unspecified atom stereocenters. The van der Waals surface area contributed by atoms with Crippen LogP contribution in [0.5, 0.6) is 0 Å². The van der Waals surface area contributed by atoms with Gasteiger partial charge >= 0.3 is 0 Å². The number of carbonyl (C=O) groups excluding carboxylic acids is 1. The topological polar surface area (TPSA) is 73.0 Å². The maximum absolute atomic E-state index is 11.8.